The van der Waals surface area contributed by atoms with Crippen LogP contribution < -0.4 is 10.9 Å². The number of para-hydroxylation sites is 1. The zero-order valence-corrected chi connectivity index (χ0v) is 10.9. The van der Waals surface area contributed by atoms with Crippen LogP contribution in [0.5, 0.6) is 5.75 Å². The topological polar surface area (TPSA) is 95.3 Å². The SMILES string of the molecule is O=C(NCc1ccco1)c1c(O)c2ccccc2[nH]c1=O. The summed E-state index contributed by atoms with van der Waals surface area (Å²) < 4.78 is 5.09. The van der Waals surface area contributed by atoms with Gasteiger partial charge < -0.3 is 19.8 Å². The van der Waals surface area contributed by atoms with Crippen LogP contribution in [0.15, 0.2) is 51.9 Å². The van der Waals surface area contributed by atoms with E-state index in [1.807, 2.05) is 0 Å². The molecule has 6 heteroatoms. The van der Waals surface area contributed by atoms with Crippen LogP contribution in [-0.2, 0) is 6.54 Å². The van der Waals surface area contributed by atoms with Gasteiger partial charge >= 0.3 is 0 Å². The number of carbonyl (C=O) groups is 1. The number of amides is 1. The maximum Gasteiger partial charge on any atom is 0.265 e. The first-order chi connectivity index (χ1) is 10.2. The van der Waals surface area contributed by atoms with E-state index < -0.39 is 11.5 Å². The molecule has 0 spiro atoms. The van der Waals surface area contributed by atoms with Crippen molar-refractivity contribution < 1.29 is 14.3 Å². The van der Waals surface area contributed by atoms with Crippen LogP contribution in [0, 0.1) is 0 Å². The minimum Gasteiger partial charge on any atom is -0.506 e. The second-order valence-electron chi connectivity index (χ2n) is 4.49. The third-order valence-electron chi connectivity index (χ3n) is 3.12. The van der Waals surface area contributed by atoms with E-state index in [1.54, 1.807) is 36.4 Å². The van der Waals surface area contributed by atoms with Crippen molar-refractivity contribution in [2.45, 2.75) is 6.54 Å². The van der Waals surface area contributed by atoms with E-state index in [4.69, 9.17) is 4.42 Å². The van der Waals surface area contributed by atoms with Gasteiger partial charge in [0, 0.05) is 5.39 Å². The van der Waals surface area contributed by atoms with Crippen molar-refractivity contribution in [2.75, 3.05) is 0 Å². The molecule has 3 N–H and O–H groups in total. The number of fused-ring (bicyclic) bond motifs is 1. The van der Waals surface area contributed by atoms with Gasteiger partial charge in [-0.1, -0.05) is 12.1 Å². The van der Waals surface area contributed by atoms with Crippen LogP contribution in [0.3, 0.4) is 0 Å². The number of hydrogen-bond donors (Lipinski definition) is 3. The summed E-state index contributed by atoms with van der Waals surface area (Å²) in [5.74, 6) is -0.428. The minimum absolute atomic E-state index is 0.136. The number of H-pyrrole nitrogens is 1. The van der Waals surface area contributed by atoms with Crippen molar-refractivity contribution in [2.24, 2.45) is 0 Å². The molecule has 1 aromatic carbocycles. The molecule has 6 nitrogen and oxygen atoms in total. The molecule has 2 aromatic heterocycles. The molecule has 21 heavy (non-hydrogen) atoms. The largest absolute Gasteiger partial charge is 0.506 e. The van der Waals surface area contributed by atoms with E-state index >= 15 is 0 Å². The maximum atomic E-state index is 12.1. The van der Waals surface area contributed by atoms with Gasteiger partial charge in [0.2, 0.25) is 0 Å². The van der Waals surface area contributed by atoms with Crippen molar-refractivity contribution in [1.29, 1.82) is 0 Å². The highest BCUT2D eigenvalue weighted by molar-refractivity contribution is 6.01. The van der Waals surface area contributed by atoms with Gasteiger partial charge in [0.05, 0.1) is 18.3 Å². The Morgan fingerprint density at radius 2 is 2.05 bits per heavy atom. The number of benzene rings is 1. The summed E-state index contributed by atoms with van der Waals surface area (Å²) in [5, 5.41) is 13.1. The predicted molar refractivity (Wildman–Crippen MR) is 76.1 cm³/mol. The summed E-state index contributed by atoms with van der Waals surface area (Å²) in [6.45, 7) is 0.136. The summed E-state index contributed by atoms with van der Waals surface area (Å²) >= 11 is 0. The Morgan fingerprint density at radius 3 is 2.81 bits per heavy atom. The van der Waals surface area contributed by atoms with Crippen LogP contribution in [-0.4, -0.2) is 16.0 Å². The lowest BCUT2D eigenvalue weighted by Gasteiger charge is -2.07. The van der Waals surface area contributed by atoms with Crippen LogP contribution >= 0.6 is 0 Å². The molecule has 0 radical (unpaired) electrons. The summed E-state index contributed by atoms with van der Waals surface area (Å²) in [5.41, 5.74) is -0.467. The third kappa shape index (κ3) is 2.38. The smallest absolute Gasteiger partial charge is 0.265 e. The van der Waals surface area contributed by atoms with E-state index in [9.17, 15) is 14.7 Å². The van der Waals surface area contributed by atoms with Crippen LogP contribution in [0.2, 0.25) is 0 Å². The maximum absolute atomic E-state index is 12.1. The lowest BCUT2D eigenvalue weighted by molar-refractivity contribution is 0.0944. The second kappa shape index (κ2) is 5.16. The fraction of sp³-hybridized carbons (Fsp3) is 0.0667. The van der Waals surface area contributed by atoms with Gasteiger partial charge in [0.1, 0.15) is 17.1 Å². The number of rotatable bonds is 3. The molecule has 0 fully saturated rings. The van der Waals surface area contributed by atoms with Crippen LogP contribution in [0.4, 0.5) is 0 Å². The monoisotopic (exact) mass is 284 g/mol. The highest BCUT2D eigenvalue weighted by Gasteiger charge is 2.18. The Labute approximate surface area is 119 Å². The van der Waals surface area contributed by atoms with Gasteiger partial charge in [0.15, 0.2) is 0 Å². The fourth-order valence-corrected chi connectivity index (χ4v) is 2.11. The Bertz CT molecular complexity index is 850. The summed E-state index contributed by atoms with van der Waals surface area (Å²) in [4.78, 5) is 26.6. The molecule has 2 heterocycles. The number of pyridine rings is 1. The van der Waals surface area contributed by atoms with E-state index in [2.05, 4.69) is 10.3 Å². The standard InChI is InChI=1S/C15H12N2O4/c18-13-10-5-1-2-6-11(10)17-15(20)12(13)14(19)16-8-9-4-3-7-21-9/h1-7H,8H2,(H,16,19)(H2,17,18,20). The number of furan rings is 1. The first-order valence-electron chi connectivity index (χ1n) is 6.31. The highest BCUT2D eigenvalue weighted by atomic mass is 16.3. The van der Waals surface area contributed by atoms with Gasteiger partial charge in [-0.05, 0) is 24.3 Å². The molecule has 0 saturated carbocycles. The summed E-state index contributed by atoms with van der Waals surface area (Å²) in [6.07, 6.45) is 1.49. The number of hydrogen-bond acceptors (Lipinski definition) is 4. The molecule has 0 unspecified atom stereocenters. The molecule has 0 saturated heterocycles. The molecule has 0 aliphatic carbocycles. The normalized spacial score (nSPS) is 10.7. The van der Waals surface area contributed by atoms with Crippen LogP contribution in [0.1, 0.15) is 16.1 Å². The molecule has 1 amide bonds. The number of nitrogens with one attached hydrogen (secondary N) is 2. The molecule has 0 atom stereocenters. The van der Waals surface area contributed by atoms with Crippen molar-refractivity contribution in [3.8, 4) is 5.75 Å². The van der Waals surface area contributed by atoms with Gasteiger partial charge in [-0.2, -0.15) is 0 Å². The van der Waals surface area contributed by atoms with Crippen LogP contribution in [0.25, 0.3) is 10.9 Å². The quantitative estimate of drug-likeness (QED) is 0.683. The van der Waals surface area contributed by atoms with Crippen molar-refractivity contribution >= 4 is 16.8 Å². The molecule has 0 aliphatic rings. The minimum atomic E-state index is -0.657. The predicted octanol–water partition coefficient (Wildman–Crippen LogP) is 1.76. The Kier molecular flexibility index (Phi) is 3.19. The van der Waals surface area contributed by atoms with Gasteiger partial charge in [-0.3, -0.25) is 9.59 Å². The van der Waals surface area contributed by atoms with Gasteiger partial charge in [-0.15, -0.1) is 0 Å². The zero-order chi connectivity index (χ0) is 14.8. The van der Waals surface area contributed by atoms with E-state index in [0.717, 1.165) is 0 Å². The zero-order valence-electron chi connectivity index (χ0n) is 10.9. The van der Waals surface area contributed by atoms with E-state index in [-0.39, 0.29) is 17.9 Å². The molecule has 0 bridgehead atoms. The molecule has 106 valence electrons. The first kappa shape index (κ1) is 13.0. The Hall–Kier alpha value is -3.02. The first-order valence-corrected chi connectivity index (χ1v) is 6.31. The molecular weight excluding hydrogens is 272 g/mol. The number of carbonyl (C=O) groups excluding carboxylic acids is 1. The lowest BCUT2D eigenvalue weighted by Crippen LogP contribution is -2.29. The number of aromatic amines is 1. The van der Waals surface area contributed by atoms with Gasteiger partial charge in [-0.25, -0.2) is 0 Å². The second-order valence-corrected chi connectivity index (χ2v) is 4.49. The average Bonchev–Trinajstić information content (AvgIpc) is 2.98. The molecule has 0 aliphatic heterocycles. The number of aromatic hydroxyl groups is 1. The summed E-state index contributed by atoms with van der Waals surface area (Å²) in [7, 11) is 0. The van der Waals surface area contributed by atoms with Crippen molar-refractivity contribution in [3.63, 3.8) is 0 Å². The summed E-state index contributed by atoms with van der Waals surface area (Å²) in [6, 6.07) is 10.1. The molecule has 3 aromatic rings. The molecule has 3 rings (SSSR count). The van der Waals surface area contributed by atoms with Crippen molar-refractivity contribution in [3.05, 3.63) is 64.3 Å². The Morgan fingerprint density at radius 1 is 1.24 bits per heavy atom. The number of aromatic nitrogens is 1. The van der Waals surface area contributed by atoms with E-state index in [1.165, 1.54) is 6.26 Å². The average molecular weight is 284 g/mol. The Balaban J connectivity index is 1.96. The van der Waals surface area contributed by atoms with Gasteiger partial charge in [0.25, 0.3) is 11.5 Å². The fourth-order valence-electron chi connectivity index (χ4n) is 2.11. The highest BCUT2D eigenvalue weighted by Crippen LogP contribution is 2.24. The van der Waals surface area contributed by atoms with Crippen molar-refractivity contribution in [1.82, 2.24) is 10.3 Å². The lowest BCUT2D eigenvalue weighted by atomic mass is 10.1. The van der Waals surface area contributed by atoms with E-state index in [0.29, 0.717) is 16.7 Å². The molecular formula is C15H12N2O4. The third-order valence-corrected chi connectivity index (χ3v) is 3.12.